The topological polar surface area (TPSA) is 96.0 Å². The predicted octanol–water partition coefficient (Wildman–Crippen LogP) is 0.843. The molecular weight excluding hydrogens is 214 g/mol. The van der Waals surface area contributed by atoms with Crippen molar-refractivity contribution in [1.29, 1.82) is 5.26 Å². The van der Waals surface area contributed by atoms with Gasteiger partial charge < -0.3 is 5.73 Å². The summed E-state index contributed by atoms with van der Waals surface area (Å²) in [6.45, 7) is 1.78. The zero-order valence-corrected chi connectivity index (χ0v) is 9.00. The summed E-state index contributed by atoms with van der Waals surface area (Å²) in [6.07, 6.45) is 0. The fourth-order valence-electron chi connectivity index (χ4n) is 1.04. The minimum absolute atomic E-state index is 0.414. The molecule has 15 heavy (non-hydrogen) atoms. The molecular formula is C9H11N3O2S. The maximum absolute atomic E-state index is 11.2. The Morgan fingerprint density at radius 1 is 1.53 bits per heavy atom. The second kappa shape index (κ2) is 4.19. The Balaban J connectivity index is 2.92. The molecule has 80 valence electrons. The van der Waals surface area contributed by atoms with E-state index in [1.165, 1.54) is 0 Å². The highest BCUT2D eigenvalue weighted by molar-refractivity contribution is 7.92. The van der Waals surface area contributed by atoms with Crippen LogP contribution in [0, 0.1) is 18.3 Å². The van der Waals surface area contributed by atoms with Crippen molar-refractivity contribution in [3.63, 3.8) is 0 Å². The van der Waals surface area contributed by atoms with Crippen molar-refractivity contribution in [3.05, 3.63) is 23.8 Å². The number of nitrogen functional groups attached to an aromatic ring is 1. The van der Waals surface area contributed by atoms with Gasteiger partial charge in [0.25, 0.3) is 0 Å². The normalized spacial score (nSPS) is 10.7. The van der Waals surface area contributed by atoms with Gasteiger partial charge in [-0.1, -0.05) is 0 Å². The lowest BCUT2D eigenvalue weighted by Gasteiger charge is -2.07. The van der Waals surface area contributed by atoms with Crippen LogP contribution in [0.4, 0.5) is 11.4 Å². The lowest BCUT2D eigenvalue weighted by atomic mass is 10.2. The van der Waals surface area contributed by atoms with Crippen molar-refractivity contribution in [2.45, 2.75) is 6.92 Å². The minimum Gasteiger partial charge on any atom is -0.399 e. The molecule has 0 heterocycles. The van der Waals surface area contributed by atoms with Gasteiger partial charge in [-0.05, 0) is 30.7 Å². The maximum Gasteiger partial charge on any atom is 0.246 e. The standard InChI is InChI=1S/C9H11N3O2S/c1-7-6-8(2-3-9(7)11)12-15(13,14)5-4-10/h2-3,6,12H,5,11H2,1H3. The number of nitriles is 1. The maximum atomic E-state index is 11.2. The van der Waals surface area contributed by atoms with Gasteiger partial charge in [-0.3, -0.25) is 4.72 Å². The summed E-state index contributed by atoms with van der Waals surface area (Å²) in [4.78, 5) is 0. The molecule has 5 nitrogen and oxygen atoms in total. The van der Waals surface area contributed by atoms with E-state index in [1.807, 2.05) is 0 Å². The Hall–Kier alpha value is -1.74. The van der Waals surface area contributed by atoms with Gasteiger partial charge in [0.05, 0.1) is 6.07 Å². The van der Waals surface area contributed by atoms with Gasteiger partial charge in [0, 0.05) is 11.4 Å². The molecule has 0 aliphatic carbocycles. The van der Waals surface area contributed by atoms with E-state index in [4.69, 9.17) is 11.0 Å². The minimum atomic E-state index is -3.57. The summed E-state index contributed by atoms with van der Waals surface area (Å²) in [5.41, 5.74) is 7.38. The molecule has 0 atom stereocenters. The highest BCUT2D eigenvalue weighted by Gasteiger charge is 2.09. The third kappa shape index (κ3) is 3.14. The fourth-order valence-corrected chi connectivity index (χ4v) is 1.77. The van der Waals surface area contributed by atoms with Crippen LogP contribution in [0.2, 0.25) is 0 Å². The molecule has 0 saturated carbocycles. The molecule has 0 unspecified atom stereocenters. The van der Waals surface area contributed by atoms with Gasteiger partial charge in [-0.15, -0.1) is 0 Å². The Labute approximate surface area is 88.6 Å². The molecule has 0 aliphatic rings. The fraction of sp³-hybridized carbons (Fsp3) is 0.222. The zero-order chi connectivity index (χ0) is 11.5. The van der Waals surface area contributed by atoms with Crippen molar-refractivity contribution in [3.8, 4) is 6.07 Å². The first-order valence-electron chi connectivity index (χ1n) is 4.18. The number of nitrogens with one attached hydrogen (secondary N) is 1. The number of aryl methyl sites for hydroxylation is 1. The third-order valence-corrected chi connectivity index (χ3v) is 2.85. The number of hydrogen-bond donors (Lipinski definition) is 2. The number of nitrogens with zero attached hydrogens (tertiary/aromatic N) is 1. The Kier molecular flexibility index (Phi) is 3.17. The number of rotatable bonds is 3. The van der Waals surface area contributed by atoms with Gasteiger partial charge in [0.15, 0.2) is 5.75 Å². The average Bonchev–Trinajstić information content (AvgIpc) is 2.10. The smallest absolute Gasteiger partial charge is 0.246 e. The van der Waals surface area contributed by atoms with E-state index in [0.29, 0.717) is 11.4 Å². The van der Waals surface area contributed by atoms with E-state index in [1.54, 1.807) is 31.2 Å². The summed E-state index contributed by atoms with van der Waals surface area (Å²) in [5, 5.41) is 8.29. The predicted molar refractivity (Wildman–Crippen MR) is 58.6 cm³/mol. The van der Waals surface area contributed by atoms with E-state index in [0.717, 1.165) is 5.56 Å². The molecule has 0 fully saturated rings. The summed E-state index contributed by atoms with van der Waals surface area (Å²) >= 11 is 0. The highest BCUT2D eigenvalue weighted by atomic mass is 32.2. The largest absolute Gasteiger partial charge is 0.399 e. The van der Waals surface area contributed by atoms with E-state index in [2.05, 4.69) is 4.72 Å². The van der Waals surface area contributed by atoms with Gasteiger partial charge in [-0.25, -0.2) is 8.42 Å². The molecule has 3 N–H and O–H groups in total. The summed E-state index contributed by atoms with van der Waals surface area (Å²) in [6, 6.07) is 6.36. The second-order valence-electron chi connectivity index (χ2n) is 3.09. The Bertz CT molecular complexity index is 503. The zero-order valence-electron chi connectivity index (χ0n) is 8.19. The van der Waals surface area contributed by atoms with Gasteiger partial charge >= 0.3 is 0 Å². The van der Waals surface area contributed by atoms with Crippen LogP contribution in [0.25, 0.3) is 0 Å². The van der Waals surface area contributed by atoms with E-state index < -0.39 is 15.8 Å². The SMILES string of the molecule is Cc1cc(NS(=O)(=O)CC#N)ccc1N. The van der Waals surface area contributed by atoms with Crippen LogP contribution >= 0.6 is 0 Å². The molecule has 0 spiro atoms. The molecule has 0 amide bonds. The molecule has 0 bridgehead atoms. The van der Waals surface area contributed by atoms with Crippen LogP contribution in [0.1, 0.15) is 5.56 Å². The van der Waals surface area contributed by atoms with E-state index >= 15 is 0 Å². The van der Waals surface area contributed by atoms with Crippen molar-refractivity contribution in [2.24, 2.45) is 0 Å². The van der Waals surface area contributed by atoms with Crippen LogP contribution in [-0.4, -0.2) is 14.2 Å². The quantitative estimate of drug-likeness (QED) is 0.745. The molecule has 0 aromatic heterocycles. The summed E-state index contributed by atoms with van der Waals surface area (Å²) in [7, 11) is -3.57. The number of anilines is 2. The summed E-state index contributed by atoms with van der Waals surface area (Å²) in [5.74, 6) is -0.559. The molecule has 0 aliphatic heterocycles. The third-order valence-electron chi connectivity index (χ3n) is 1.80. The Morgan fingerprint density at radius 3 is 2.73 bits per heavy atom. The molecule has 1 aromatic carbocycles. The summed E-state index contributed by atoms with van der Waals surface area (Å²) < 4.78 is 24.7. The van der Waals surface area contributed by atoms with E-state index in [9.17, 15) is 8.42 Å². The van der Waals surface area contributed by atoms with Crippen molar-refractivity contribution in [1.82, 2.24) is 0 Å². The monoisotopic (exact) mass is 225 g/mol. The number of sulfonamides is 1. The molecule has 1 rings (SSSR count). The first-order valence-corrected chi connectivity index (χ1v) is 5.83. The lowest BCUT2D eigenvalue weighted by molar-refractivity contribution is 0.604. The molecule has 0 saturated heterocycles. The van der Waals surface area contributed by atoms with Gasteiger partial charge in [-0.2, -0.15) is 5.26 Å². The first-order chi connectivity index (χ1) is 6.94. The Morgan fingerprint density at radius 2 is 2.20 bits per heavy atom. The van der Waals surface area contributed by atoms with Crippen molar-refractivity contribution >= 4 is 21.4 Å². The van der Waals surface area contributed by atoms with Gasteiger partial charge in [0.2, 0.25) is 10.0 Å². The van der Waals surface area contributed by atoms with Crippen LogP contribution in [0.15, 0.2) is 18.2 Å². The van der Waals surface area contributed by atoms with Crippen LogP contribution in [0.5, 0.6) is 0 Å². The van der Waals surface area contributed by atoms with Gasteiger partial charge in [0.1, 0.15) is 0 Å². The lowest BCUT2D eigenvalue weighted by Crippen LogP contribution is -2.15. The molecule has 0 radical (unpaired) electrons. The van der Waals surface area contributed by atoms with Crippen LogP contribution in [0.3, 0.4) is 0 Å². The van der Waals surface area contributed by atoms with Crippen molar-refractivity contribution < 1.29 is 8.42 Å². The van der Waals surface area contributed by atoms with Crippen LogP contribution < -0.4 is 10.5 Å². The first kappa shape index (κ1) is 11.3. The molecule has 1 aromatic rings. The second-order valence-corrected chi connectivity index (χ2v) is 4.81. The number of nitrogens with two attached hydrogens (primary N) is 1. The van der Waals surface area contributed by atoms with E-state index in [-0.39, 0.29) is 0 Å². The average molecular weight is 225 g/mol. The van der Waals surface area contributed by atoms with Crippen molar-refractivity contribution in [2.75, 3.05) is 16.2 Å². The number of hydrogen-bond acceptors (Lipinski definition) is 4. The van der Waals surface area contributed by atoms with Crippen LogP contribution in [-0.2, 0) is 10.0 Å². The molecule has 6 heteroatoms. The highest BCUT2D eigenvalue weighted by Crippen LogP contribution is 2.17. The number of benzene rings is 1.